The van der Waals surface area contributed by atoms with Gasteiger partial charge in [-0.05, 0) is 79.3 Å². The van der Waals surface area contributed by atoms with Gasteiger partial charge in [-0.15, -0.1) is 0 Å². The highest BCUT2D eigenvalue weighted by Gasteiger charge is 2.67. The summed E-state index contributed by atoms with van der Waals surface area (Å²) in [5, 5.41) is 0. The Bertz CT molecular complexity index is 1380. The highest BCUT2D eigenvalue weighted by atomic mass is 16.5. The van der Waals surface area contributed by atoms with Crippen LogP contribution in [-0.4, -0.2) is 30.2 Å². The molecule has 188 valence electrons. The zero-order valence-electron chi connectivity index (χ0n) is 20.8. The number of aryl methyl sites for hydroxylation is 2. The molecule has 2 aromatic rings. The topological polar surface area (TPSA) is 84.0 Å². The van der Waals surface area contributed by atoms with Crippen molar-refractivity contribution in [2.24, 2.45) is 41.4 Å². The van der Waals surface area contributed by atoms with E-state index in [1.807, 2.05) is 32.0 Å². The van der Waals surface area contributed by atoms with Gasteiger partial charge >= 0.3 is 5.97 Å². The molecule has 2 aliphatic heterocycles. The zero-order chi connectivity index (χ0) is 25.6. The van der Waals surface area contributed by atoms with Crippen LogP contribution in [0.1, 0.15) is 24.0 Å². The second-order valence-corrected chi connectivity index (χ2v) is 11.3. The largest absolute Gasteiger partial charge is 0.426 e. The fourth-order valence-corrected chi connectivity index (χ4v) is 7.11. The molecule has 4 fully saturated rings. The number of carbonyl (C=O) groups excluding carboxylic acids is 4. The fraction of sp³-hybridized carbons (Fsp3) is 0.400. The van der Waals surface area contributed by atoms with Gasteiger partial charge in [-0.3, -0.25) is 19.2 Å². The molecule has 0 unspecified atom stereocenters. The van der Waals surface area contributed by atoms with Gasteiger partial charge in [0.1, 0.15) is 5.75 Å². The molecule has 7 nitrogen and oxygen atoms in total. The van der Waals surface area contributed by atoms with Gasteiger partial charge < -0.3 is 9.64 Å². The van der Waals surface area contributed by atoms with E-state index in [1.54, 1.807) is 29.2 Å². The van der Waals surface area contributed by atoms with Gasteiger partial charge in [0.15, 0.2) is 0 Å². The Kier molecular flexibility index (Phi) is 4.78. The molecular weight excluding hydrogens is 468 g/mol. The van der Waals surface area contributed by atoms with Gasteiger partial charge in [0.05, 0.1) is 23.4 Å². The predicted molar refractivity (Wildman–Crippen MR) is 136 cm³/mol. The summed E-state index contributed by atoms with van der Waals surface area (Å²) in [4.78, 5) is 55.4. The summed E-state index contributed by atoms with van der Waals surface area (Å²) >= 11 is 0. The third-order valence-electron chi connectivity index (χ3n) is 9.22. The molecule has 7 atom stereocenters. The van der Waals surface area contributed by atoms with E-state index in [4.69, 9.17) is 4.74 Å². The van der Waals surface area contributed by atoms with E-state index in [1.165, 1.54) is 4.90 Å². The van der Waals surface area contributed by atoms with Crippen molar-refractivity contribution in [3.05, 3.63) is 65.7 Å². The molecule has 2 bridgehead atoms. The van der Waals surface area contributed by atoms with E-state index in [-0.39, 0.29) is 60.1 Å². The Morgan fingerprint density at radius 2 is 1.57 bits per heavy atom. The lowest BCUT2D eigenvalue weighted by Gasteiger charge is -2.37. The van der Waals surface area contributed by atoms with Gasteiger partial charge in [0, 0.05) is 24.7 Å². The van der Waals surface area contributed by atoms with E-state index >= 15 is 0 Å². The Labute approximate surface area is 215 Å². The third kappa shape index (κ3) is 3.32. The number of anilines is 2. The van der Waals surface area contributed by atoms with Crippen molar-refractivity contribution in [1.29, 1.82) is 0 Å². The quantitative estimate of drug-likeness (QED) is 0.278. The van der Waals surface area contributed by atoms with Crippen molar-refractivity contribution < 1.29 is 23.9 Å². The minimum Gasteiger partial charge on any atom is -0.426 e. The standard InChI is InChI=1S/C30H28N2O5/c1-15-6-7-18(10-16(15)2)31-14-17(11-25(31)33)30(36)37-20-5-3-4-19(12-20)32-28(34)26-21-8-9-22(24-13-23(21)24)27(26)29(32)35/h3-10,12,17,21-24,26-27H,11,13-14H2,1-2H3/t17-,21+,22+,23+,24+,26-,27-/m1/s1. The van der Waals surface area contributed by atoms with Crippen LogP contribution in [-0.2, 0) is 19.2 Å². The average molecular weight is 497 g/mol. The van der Waals surface area contributed by atoms with Crippen molar-refractivity contribution in [3.63, 3.8) is 0 Å². The predicted octanol–water partition coefficient (Wildman–Crippen LogP) is 3.82. The summed E-state index contributed by atoms with van der Waals surface area (Å²) in [5.74, 6) is -0.397. The summed E-state index contributed by atoms with van der Waals surface area (Å²) in [6.45, 7) is 4.26. The second kappa shape index (κ2) is 7.88. The number of carbonyl (C=O) groups is 4. The molecule has 3 amide bonds. The second-order valence-electron chi connectivity index (χ2n) is 11.3. The average Bonchev–Trinajstić information content (AvgIpc) is 3.56. The van der Waals surface area contributed by atoms with Crippen molar-refractivity contribution in [1.82, 2.24) is 0 Å². The van der Waals surface area contributed by atoms with Gasteiger partial charge in [-0.1, -0.05) is 24.3 Å². The Morgan fingerprint density at radius 3 is 2.24 bits per heavy atom. The molecule has 2 heterocycles. The van der Waals surface area contributed by atoms with E-state index < -0.39 is 11.9 Å². The van der Waals surface area contributed by atoms with Crippen LogP contribution in [0.4, 0.5) is 11.4 Å². The summed E-state index contributed by atoms with van der Waals surface area (Å²) < 4.78 is 5.66. The van der Waals surface area contributed by atoms with Crippen LogP contribution in [0.2, 0.25) is 0 Å². The van der Waals surface area contributed by atoms with Crippen molar-refractivity contribution in [3.8, 4) is 5.75 Å². The SMILES string of the molecule is Cc1ccc(N2C[C@H](C(=O)Oc3cccc(N4C(=O)[C@@H]5[C@H]6C=C[C@@H]([C@@H]7C[C@@H]67)[C@H]5C4=O)c3)CC2=O)cc1C. The lowest BCUT2D eigenvalue weighted by atomic mass is 9.63. The van der Waals surface area contributed by atoms with Crippen LogP contribution < -0.4 is 14.5 Å². The number of benzene rings is 2. The molecule has 7 heteroatoms. The van der Waals surface area contributed by atoms with Crippen LogP contribution >= 0.6 is 0 Å². The van der Waals surface area contributed by atoms with E-state index in [9.17, 15) is 19.2 Å². The maximum Gasteiger partial charge on any atom is 0.316 e. The summed E-state index contributed by atoms with van der Waals surface area (Å²) in [6.07, 6.45) is 5.50. The number of esters is 1. The maximum atomic E-state index is 13.4. The minimum atomic E-state index is -0.593. The van der Waals surface area contributed by atoms with E-state index in [0.717, 1.165) is 23.2 Å². The minimum absolute atomic E-state index is 0.0794. The van der Waals surface area contributed by atoms with Crippen LogP contribution in [0, 0.1) is 55.3 Å². The van der Waals surface area contributed by atoms with Crippen LogP contribution in [0.15, 0.2) is 54.6 Å². The molecule has 37 heavy (non-hydrogen) atoms. The van der Waals surface area contributed by atoms with Gasteiger partial charge in [-0.2, -0.15) is 0 Å². The fourth-order valence-electron chi connectivity index (χ4n) is 7.11. The van der Waals surface area contributed by atoms with Crippen LogP contribution in [0.5, 0.6) is 5.75 Å². The Balaban J connectivity index is 1.07. The smallest absolute Gasteiger partial charge is 0.316 e. The van der Waals surface area contributed by atoms with Crippen molar-refractivity contribution in [2.75, 3.05) is 16.3 Å². The van der Waals surface area contributed by atoms with Gasteiger partial charge in [0.25, 0.3) is 0 Å². The first kappa shape index (κ1) is 22.5. The molecule has 8 rings (SSSR count). The lowest BCUT2D eigenvalue weighted by Crippen LogP contribution is -2.40. The molecule has 6 aliphatic rings. The summed E-state index contributed by atoms with van der Waals surface area (Å²) in [5.41, 5.74) is 3.43. The molecule has 4 aliphatic carbocycles. The number of nitrogens with zero attached hydrogens (tertiary/aromatic N) is 2. The first-order chi connectivity index (χ1) is 17.8. The first-order valence-corrected chi connectivity index (χ1v) is 13.1. The Hall–Kier alpha value is -3.74. The van der Waals surface area contributed by atoms with Crippen molar-refractivity contribution >= 4 is 35.1 Å². The highest BCUT2D eigenvalue weighted by Crippen LogP contribution is 2.65. The molecular formula is C30H28N2O5. The summed E-state index contributed by atoms with van der Waals surface area (Å²) in [6, 6.07) is 12.4. The number of hydrogen-bond donors (Lipinski definition) is 0. The van der Waals surface area contributed by atoms with Crippen molar-refractivity contribution in [2.45, 2.75) is 26.7 Å². The number of allylic oxidation sites excluding steroid dienone is 2. The molecule has 2 aromatic carbocycles. The number of ether oxygens (including phenoxy) is 1. The molecule has 0 radical (unpaired) electrons. The highest BCUT2D eigenvalue weighted by molar-refractivity contribution is 6.22. The van der Waals surface area contributed by atoms with E-state index in [2.05, 4.69) is 12.2 Å². The third-order valence-corrected chi connectivity index (χ3v) is 9.22. The van der Waals surface area contributed by atoms with Gasteiger partial charge in [0.2, 0.25) is 17.7 Å². The van der Waals surface area contributed by atoms with E-state index in [0.29, 0.717) is 17.5 Å². The van der Waals surface area contributed by atoms with Crippen LogP contribution in [0.3, 0.4) is 0 Å². The number of rotatable bonds is 4. The molecule has 2 saturated heterocycles. The maximum absolute atomic E-state index is 13.4. The van der Waals surface area contributed by atoms with Gasteiger partial charge in [-0.25, -0.2) is 4.90 Å². The zero-order valence-corrected chi connectivity index (χ0v) is 20.8. The normalized spacial score (nSPS) is 33.1. The number of imide groups is 1. The summed E-state index contributed by atoms with van der Waals surface area (Å²) in [7, 11) is 0. The molecule has 2 saturated carbocycles. The number of hydrogen-bond acceptors (Lipinski definition) is 5. The molecule has 0 aromatic heterocycles. The Morgan fingerprint density at radius 1 is 0.865 bits per heavy atom. The monoisotopic (exact) mass is 496 g/mol. The molecule has 0 N–H and O–H groups in total. The first-order valence-electron chi connectivity index (χ1n) is 13.1. The molecule has 0 spiro atoms. The lowest BCUT2D eigenvalue weighted by molar-refractivity contribution is -0.139. The number of amides is 3. The van der Waals surface area contributed by atoms with Crippen LogP contribution in [0.25, 0.3) is 0 Å².